The fourth-order valence-electron chi connectivity index (χ4n) is 3.81. The first-order valence-electron chi connectivity index (χ1n) is 9.47. The van der Waals surface area contributed by atoms with Gasteiger partial charge < -0.3 is 9.64 Å². The summed E-state index contributed by atoms with van der Waals surface area (Å²) >= 11 is 0. The van der Waals surface area contributed by atoms with Gasteiger partial charge in [0.25, 0.3) is 0 Å². The van der Waals surface area contributed by atoms with Gasteiger partial charge >= 0.3 is 6.09 Å². The molecule has 1 aromatic carbocycles. The summed E-state index contributed by atoms with van der Waals surface area (Å²) in [5.74, 6) is 1.85. The molecule has 0 radical (unpaired) electrons. The minimum Gasteiger partial charge on any atom is -0.444 e. The number of anilines is 1. The van der Waals surface area contributed by atoms with Crippen LogP contribution in [0.15, 0.2) is 35.3 Å². The summed E-state index contributed by atoms with van der Waals surface area (Å²) in [4.78, 5) is 20.1. The molecular weight excluding hydrogens is 381 g/mol. The largest absolute Gasteiger partial charge is 0.444 e. The van der Waals surface area contributed by atoms with E-state index in [-0.39, 0.29) is 11.9 Å². The van der Waals surface area contributed by atoms with Crippen molar-refractivity contribution in [2.24, 2.45) is 4.99 Å². The van der Waals surface area contributed by atoms with Crippen LogP contribution in [-0.2, 0) is 21.0 Å². The van der Waals surface area contributed by atoms with Gasteiger partial charge in [-0.05, 0) is 30.7 Å². The van der Waals surface area contributed by atoms with E-state index in [9.17, 15) is 13.4 Å². The number of ether oxygens (including phenoxy) is 1. The highest BCUT2D eigenvalue weighted by Crippen LogP contribution is 2.33. The van der Waals surface area contributed by atoms with Gasteiger partial charge in [0.1, 0.15) is 17.8 Å². The number of halogens is 1. The van der Waals surface area contributed by atoms with Gasteiger partial charge in [-0.15, -0.1) is 0 Å². The van der Waals surface area contributed by atoms with Crippen LogP contribution in [0, 0.1) is 5.82 Å². The van der Waals surface area contributed by atoms with Gasteiger partial charge in [0.15, 0.2) is 0 Å². The lowest BCUT2D eigenvalue weighted by atomic mass is 9.80. The fraction of sp³-hybridized carbons (Fsp3) is 0.500. The zero-order chi connectivity index (χ0) is 19.9. The maximum Gasteiger partial charge on any atom is 0.414 e. The van der Waals surface area contributed by atoms with Crippen molar-refractivity contribution in [1.82, 2.24) is 4.90 Å². The van der Waals surface area contributed by atoms with Gasteiger partial charge in [-0.1, -0.05) is 19.1 Å². The van der Waals surface area contributed by atoms with Crippen molar-refractivity contribution in [2.75, 3.05) is 42.6 Å². The van der Waals surface area contributed by atoms with Gasteiger partial charge in [0.05, 0.1) is 18.8 Å². The van der Waals surface area contributed by atoms with E-state index in [2.05, 4.69) is 9.89 Å². The predicted molar refractivity (Wildman–Crippen MR) is 108 cm³/mol. The van der Waals surface area contributed by atoms with Gasteiger partial charge in [-0.25, -0.2) is 9.18 Å². The van der Waals surface area contributed by atoms with E-state index in [0.29, 0.717) is 35.8 Å². The number of dihydropyridines is 1. The molecular formula is C20H24FN3O3S. The maximum absolute atomic E-state index is 14.9. The molecule has 2 unspecified atom stereocenters. The lowest BCUT2D eigenvalue weighted by Gasteiger charge is -2.33. The number of carbonyl (C=O) groups excluding carboxylic acids is 1. The van der Waals surface area contributed by atoms with Crippen LogP contribution in [0.25, 0.3) is 0 Å². The lowest BCUT2D eigenvalue weighted by Crippen LogP contribution is -2.43. The van der Waals surface area contributed by atoms with E-state index in [0.717, 1.165) is 18.9 Å². The molecule has 3 aliphatic heterocycles. The summed E-state index contributed by atoms with van der Waals surface area (Å²) in [5.41, 5.74) is 0.504. The number of amides is 1. The Morgan fingerprint density at radius 1 is 1.32 bits per heavy atom. The molecule has 0 N–H and O–H groups in total. The molecule has 0 spiro atoms. The molecule has 28 heavy (non-hydrogen) atoms. The van der Waals surface area contributed by atoms with Crippen LogP contribution in [-0.4, -0.2) is 64.8 Å². The predicted octanol–water partition coefficient (Wildman–Crippen LogP) is 2.46. The van der Waals surface area contributed by atoms with Crippen molar-refractivity contribution in [1.29, 1.82) is 0 Å². The molecule has 0 saturated carbocycles. The Balaban J connectivity index is 1.51. The number of cyclic esters (lactones) is 1. The Morgan fingerprint density at radius 2 is 2.07 bits per heavy atom. The second kappa shape index (κ2) is 7.31. The summed E-state index contributed by atoms with van der Waals surface area (Å²) in [6, 6.07) is 4.89. The van der Waals surface area contributed by atoms with E-state index in [1.807, 2.05) is 26.0 Å². The normalized spacial score (nSPS) is 28.5. The second-order valence-electron chi connectivity index (χ2n) is 7.73. The number of amidine groups is 1. The second-order valence-corrected chi connectivity index (χ2v) is 9.43. The van der Waals surface area contributed by atoms with Crippen molar-refractivity contribution in [2.45, 2.75) is 25.4 Å². The van der Waals surface area contributed by atoms with E-state index < -0.39 is 22.3 Å². The van der Waals surface area contributed by atoms with E-state index >= 15 is 0 Å². The topological polar surface area (TPSA) is 62.2 Å². The van der Waals surface area contributed by atoms with Crippen LogP contribution < -0.4 is 4.90 Å². The smallest absolute Gasteiger partial charge is 0.414 e. The Kier molecular flexibility index (Phi) is 4.99. The first-order chi connectivity index (χ1) is 13.4. The van der Waals surface area contributed by atoms with Crippen LogP contribution in [0.5, 0.6) is 0 Å². The molecule has 0 bridgehead atoms. The first-order valence-corrected chi connectivity index (χ1v) is 11.0. The summed E-state index contributed by atoms with van der Waals surface area (Å²) in [5, 5.41) is 0. The van der Waals surface area contributed by atoms with Gasteiger partial charge in [0, 0.05) is 40.8 Å². The molecule has 2 fully saturated rings. The third kappa shape index (κ3) is 3.57. The van der Waals surface area contributed by atoms with Crippen molar-refractivity contribution < 1.29 is 18.1 Å². The average molecular weight is 405 g/mol. The zero-order valence-corrected chi connectivity index (χ0v) is 16.9. The SMILES string of the molecule is CC1CN(c2ccc(C3(C)C=CC(N4CCS(=O)CC4)=NC3)c(F)c2)C(=O)O1. The molecule has 2 saturated heterocycles. The van der Waals surface area contributed by atoms with Crippen LogP contribution in [0.1, 0.15) is 19.4 Å². The monoisotopic (exact) mass is 405 g/mol. The molecule has 6 nitrogen and oxygen atoms in total. The minimum absolute atomic E-state index is 0.200. The Morgan fingerprint density at radius 3 is 2.64 bits per heavy atom. The average Bonchev–Trinajstić information content (AvgIpc) is 3.01. The molecule has 4 rings (SSSR count). The number of hydrogen-bond donors (Lipinski definition) is 0. The molecule has 1 amide bonds. The highest BCUT2D eigenvalue weighted by atomic mass is 32.2. The molecule has 1 aromatic rings. The van der Waals surface area contributed by atoms with Crippen LogP contribution >= 0.6 is 0 Å². The van der Waals surface area contributed by atoms with Gasteiger partial charge in [-0.3, -0.25) is 14.1 Å². The Labute approximate surface area is 166 Å². The summed E-state index contributed by atoms with van der Waals surface area (Å²) in [7, 11) is -0.729. The minimum atomic E-state index is -0.729. The van der Waals surface area contributed by atoms with Crippen LogP contribution in [0.4, 0.5) is 14.9 Å². The fourth-order valence-corrected chi connectivity index (χ4v) is 4.86. The summed E-state index contributed by atoms with van der Waals surface area (Å²) < 4.78 is 31.6. The summed E-state index contributed by atoms with van der Waals surface area (Å²) in [6.45, 7) is 6.10. The Bertz CT molecular complexity index is 877. The quantitative estimate of drug-likeness (QED) is 0.758. The molecule has 3 aliphatic rings. The Hall–Kier alpha value is -2.22. The number of aliphatic imine (C=N–C) groups is 1. The zero-order valence-electron chi connectivity index (χ0n) is 16.1. The maximum atomic E-state index is 14.9. The number of carbonyl (C=O) groups is 1. The molecule has 150 valence electrons. The highest BCUT2D eigenvalue weighted by molar-refractivity contribution is 7.85. The third-order valence-corrected chi connectivity index (χ3v) is 6.79. The van der Waals surface area contributed by atoms with Crippen molar-refractivity contribution in [3.8, 4) is 0 Å². The van der Waals surface area contributed by atoms with E-state index in [1.54, 1.807) is 12.1 Å². The number of nitrogens with zero attached hydrogens (tertiary/aromatic N) is 3. The number of benzene rings is 1. The molecule has 0 aromatic heterocycles. The lowest BCUT2D eigenvalue weighted by molar-refractivity contribution is 0.150. The molecule has 2 atom stereocenters. The standard InChI is InChI=1S/C20H24FN3O3S/c1-14-12-24(19(25)27-14)15-3-4-16(17(21)11-15)20(2)6-5-18(22-13-20)23-7-9-28(26)10-8-23/h3-6,11,14H,7-10,12-13H2,1-2H3. The molecule has 0 aliphatic carbocycles. The van der Waals surface area contributed by atoms with Crippen LogP contribution in [0.3, 0.4) is 0 Å². The van der Waals surface area contributed by atoms with Crippen LogP contribution in [0.2, 0.25) is 0 Å². The van der Waals surface area contributed by atoms with Crippen molar-refractivity contribution >= 4 is 28.4 Å². The number of rotatable bonds is 2. The first kappa shape index (κ1) is 19.1. The van der Waals surface area contributed by atoms with Gasteiger partial charge in [-0.2, -0.15) is 0 Å². The van der Waals surface area contributed by atoms with E-state index in [4.69, 9.17) is 4.74 Å². The van der Waals surface area contributed by atoms with Crippen molar-refractivity contribution in [3.63, 3.8) is 0 Å². The summed E-state index contributed by atoms with van der Waals surface area (Å²) in [6.07, 6.45) is 3.28. The number of hydrogen-bond acceptors (Lipinski definition) is 5. The van der Waals surface area contributed by atoms with E-state index in [1.165, 1.54) is 11.0 Å². The highest BCUT2D eigenvalue weighted by Gasteiger charge is 2.33. The van der Waals surface area contributed by atoms with Gasteiger partial charge in [0.2, 0.25) is 0 Å². The molecule has 8 heteroatoms. The third-order valence-electron chi connectivity index (χ3n) is 5.51. The molecule has 3 heterocycles. The van der Waals surface area contributed by atoms with Crippen molar-refractivity contribution in [3.05, 3.63) is 41.7 Å².